The van der Waals surface area contributed by atoms with Crippen molar-refractivity contribution in [1.29, 1.82) is 0 Å². The summed E-state index contributed by atoms with van der Waals surface area (Å²) in [5, 5.41) is 0. The topological polar surface area (TPSA) is 37.4 Å². The molecule has 0 N–H and O–H groups in total. The lowest BCUT2D eigenvalue weighted by molar-refractivity contribution is -0.136. The minimum Gasteiger partial charge on any atom is -0.273 e. The second-order valence-corrected chi connectivity index (χ2v) is 3.98. The highest BCUT2D eigenvalue weighted by Gasteiger charge is 2.34. The second-order valence-electron chi connectivity index (χ2n) is 2.39. The van der Waals surface area contributed by atoms with Crippen LogP contribution < -0.4 is 0 Å². The Morgan fingerprint density at radius 2 is 1.58 bits per heavy atom. The molecule has 1 aliphatic rings. The Hall–Kier alpha value is -0.160. The number of rotatable bonds is 2. The van der Waals surface area contributed by atoms with Crippen LogP contribution in [0, 0.1) is 0 Å². The summed E-state index contributed by atoms with van der Waals surface area (Å²) in [5.41, 5.74) is 0. The van der Waals surface area contributed by atoms with E-state index in [-0.39, 0.29) is 11.8 Å². The van der Waals surface area contributed by atoms with Gasteiger partial charge >= 0.3 is 0 Å². The van der Waals surface area contributed by atoms with Gasteiger partial charge < -0.3 is 0 Å². The van der Waals surface area contributed by atoms with E-state index in [2.05, 4.69) is 31.9 Å². The highest BCUT2D eigenvalue weighted by Crippen LogP contribution is 2.29. The normalized spacial score (nSPS) is 18.1. The van der Waals surface area contributed by atoms with E-state index in [9.17, 15) is 9.59 Å². The SMILES string of the molecule is CCCN1C(=O)C(Br)=C(Br)C1=O. The number of carbonyl (C=O) groups is 2. The highest BCUT2D eigenvalue weighted by molar-refractivity contribution is 9.14. The first-order chi connectivity index (χ1) is 5.59. The number of nitrogens with zero attached hydrogens (tertiary/aromatic N) is 1. The standard InChI is InChI=1S/C7H7Br2NO2/c1-2-3-10-6(11)4(8)5(9)7(10)12/h2-3H2,1H3. The van der Waals surface area contributed by atoms with Gasteiger partial charge in [-0.25, -0.2) is 0 Å². The van der Waals surface area contributed by atoms with Crippen LogP contribution in [-0.2, 0) is 9.59 Å². The first-order valence-electron chi connectivity index (χ1n) is 3.51. The summed E-state index contributed by atoms with van der Waals surface area (Å²) in [5.74, 6) is -0.512. The lowest BCUT2D eigenvalue weighted by Crippen LogP contribution is -2.31. The summed E-state index contributed by atoms with van der Waals surface area (Å²) in [7, 11) is 0. The fourth-order valence-corrected chi connectivity index (χ4v) is 1.71. The van der Waals surface area contributed by atoms with E-state index in [1.165, 1.54) is 4.90 Å². The summed E-state index contributed by atoms with van der Waals surface area (Å²) < 4.78 is 0.641. The number of imide groups is 1. The fraction of sp³-hybridized carbons (Fsp3) is 0.429. The third kappa shape index (κ3) is 1.47. The number of hydrogen-bond donors (Lipinski definition) is 0. The number of amides is 2. The second kappa shape index (κ2) is 3.70. The Morgan fingerprint density at radius 1 is 1.17 bits per heavy atom. The van der Waals surface area contributed by atoms with Crippen molar-refractivity contribution in [2.24, 2.45) is 0 Å². The Kier molecular flexibility index (Phi) is 3.06. The van der Waals surface area contributed by atoms with Gasteiger partial charge in [-0.15, -0.1) is 0 Å². The van der Waals surface area contributed by atoms with Crippen molar-refractivity contribution in [2.45, 2.75) is 13.3 Å². The molecule has 1 rings (SSSR count). The molecule has 1 heterocycles. The molecule has 66 valence electrons. The molecule has 0 aromatic carbocycles. The molecule has 0 saturated carbocycles. The third-order valence-corrected chi connectivity index (χ3v) is 3.51. The Morgan fingerprint density at radius 3 is 1.92 bits per heavy atom. The first-order valence-corrected chi connectivity index (χ1v) is 5.09. The van der Waals surface area contributed by atoms with Crippen LogP contribution in [0.4, 0.5) is 0 Å². The zero-order valence-corrected chi connectivity index (χ0v) is 9.61. The minimum absolute atomic E-state index is 0.256. The van der Waals surface area contributed by atoms with Gasteiger partial charge in [0.15, 0.2) is 0 Å². The zero-order chi connectivity index (χ0) is 9.30. The van der Waals surface area contributed by atoms with E-state index >= 15 is 0 Å². The van der Waals surface area contributed by atoms with Crippen molar-refractivity contribution in [3.8, 4) is 0 Å². The van der Waals surface area contributed by atoms with Gasteiger partial charge in [0.25, 0.3) is 11.8 Å². The number of hydrogen-bond acceptors (Lipinski definition) is 2. The molecule has 0 atom stereocenters. The number of halogens is 2. The summed E-state index contributed by atoms with van der Waals surface area (Å²) in [4.78, 5) is 23.8. The van der Waals surface area contributed by atoms with Crippen LogP contribution >= 0.6 is 31.9 Å². The molecule has 1 aliphatic heterocycles. The quantitative estimate of drug-likeness (QED) is 0.728. The molecule has 0 fully saturated rings. The molecular formula is C7H7Br2NO2. The van der Waals surface area contributed by atoms with E-state index in [4.69, 9.17) is 0 Å². The summed E-state index contributed by atoms with van der Waals surface area (Å²) in [6.45, 7) is 2.39. The van der Waals surface area contributed by atoms with E-state index in [1.54, 1.807) is 0 Å². The van der Waals surface area contributed by atoms with Gasteiger partial charge in [-0.2, -0.15) is 0 Å². The highest BCUT2D eigenvalue weighted by atomic mass is 79.9. The maximum atomic E-state index is 11.3. The van der Waals surface area contributed by atoms with Crippen molar-refractivity contribution >= 4 is 43.7 Å². The summed E-state index contributed by atoms with van der Waals surface area (Å²) in [6, 6.07) is 0. The van der Waals surface area contributed by atoms with Crippen molar-refractivity contribution in [1.82, 2.24) is 4.90 Å². The molecule has 0 unspecified atom stereocenters. The Labute approximate surface area is 87.1 Å². The minimum atomic E-state index is -0.256. The largest absolute Gasteiger partial charge is 0.273 e. The van der Waals surface area contributed by atoms with Crippen molar-refractivity contribution in [3.63, 3.8) is 0 Å². The predicted molar refractivity (Wildman–Crippen MR) is 51.9 cm³/mol. The van der Waals surface area contributed by atoms with Crippen LogP contribution in [0.5, 0.6) is 0 Å². The van der Waals surface area contributed by atoms with Crippen molar-refractivity contribution in [2.75, 3.05) is 6.54 Å². The van der Waals surface area contributed by atoms with Crippen LogP contribution in [0.1, 0.15) is 13.3 Å². The van der Waals surface area contributed by atoms with E-state index < -0.39 is 0 Å². The van der Waals surface area contributed by atoms with Gasteiger partial charge in [0, 0.05) is 6.54 Å². The molecule has 0 aromatic rings. The predicted octanol–water partition coefficient (Wildman–Crippen LogP) is 1.77. The first kappa shape index (κ1) is 9.92. The monoisotopic (exact) mass is 295 g/mol. The Balaban J connectivity index is 2.88. The molecule has 0 bridgehead atoms. The molecule has 2 amide bonds. The van der Waals surface area contributed by atoms with Gasteiger partial charge in [-0.3, -0.25) is 14.5 Å². The fourth-order valence-electron chi connectivity index (χ4n) is 0.944. The van der Waals surface area contributed by atoms with Gasteiger partial charge in [0.1, 0.15) is 8.96 Å². The van der Waals surface area contributed by atoms with Crippen LogP contribution in [0.2, 0.25) is 0 Å². The maximum absolute atomic E-state index is 11.3. The molecule has 0 saturated heterocycles. The molecule has 12 heavy (non-hydrogen) atoms. The average Bonchev–Trinajstić information content (AvgIpc) is 2.23. The van der Waals surface area contributed by atoms with Gasteiger partial charge in [-0.1, -0.05) is 6.92 Å². The van der Waals surface area contributed by atoms with Crippen LogP contribution in [0.25, 0.3) is 0 Å². The summed E-state index contributed by atoms with van der Waals surface area (Å²) >= 11 is 6.08. The number of carbonyl (C=O) groups excluding carboxylic acids is 2. The third-order valence-electron chi connectivity index (χ3n) is 1.51. The van der Waals surface area contributed by atoms with Gasteiger partial charge in [0.2, 0.25) is 0 Å². The molecule has 0 spiro atoms. The van der Waals surface area contributed by atoms with Crippen LogP contribution in [-0.4, -0.2) is 23.3 Å². The van der Waals surface area contributed by atoms with Crippen molar-refractivity contribution < 1.29 is 9.59 Å². The molecule has 0 aliphatic carbocycles. The smallest absolute Gasteiger partial charge is 0.269 e. The van der Waals surface area contributed by atoms with Gasteiger partial charge in [0.05, 0.1) is 0 Å². The molecule has 0 radical (unpaired) electrons. The van der Waals surface area contributed by atoms with Crippen molar-refractivity contribution in [3.05, 3.63) is 8.96 Å². The van der Waals surface area contributed by atoms with E-state index in [0.717, 1.165) is 6.42 Å². The molecule has 0 aromatic heterocycles. The zero-order valence-electron chi connectivity index (χ0n) is 6.43. The maximum Gasteiger partial charge on any atom is 0.269 e. The van der Waals surface area contributed by atoms with E-state index in [0.29, 0.717) is 15.5 Å². The van der Waals surface area contributed by atoms with Gasteiger partial charge in [-0.05, 0) is 38.3 Å². The Bertz CT molecular complexity index is 249. The lowest BCUT2D eigenvalue weighted by Gasteiger charge is -2.11. The summed E-state index contributed by atoms with van der Waals surface area (Å²) in [6.07, 6.45) is 0.776. The average molecular weight is 297 g/mol. The molecule has 3 nitrogen and oxygen atoms in total. The van der Waals surface area contributed by atoms with Crippen LogP contribution in [0.15, 0.2) is 8.96 Å². The molecule has 5 heteroatoms. The molecular weight excluding hydrogens is 290 g/mol. The van der Waals surface area contributed by atoms with Crippen LogP contribution in [0.3, 0.4) is 0 Å². The lowest BCUT2D eigenvalue weighted by atomic mass is 10.4. The van der Waals surface area contributed by atoms with E-state index in [1.807, 2.05) is 6.92 Å².